The predicted octanol–water partition coefficient (Wildman–Crippen LogP) is 1.12. The largest absolute Gasteiger partial charge is 0.486 e. The number of hydrogen-bond donors (Lipinski definition) is 1. The lowest BCUT2D eigenvalue weighted by molar-refractivity contribution is 0.0408. The topological polar surface area (TPSA) is 62.2 Å². The Morgan fingerprint density at radius 1 is 1.20 bits per heavy atom. The van der Waals surface area contributed by atoms with E-state index in [-0.39, 0.29) is 6.10 Å². The molecule has 2 aliphatic rings. The number of fused-ring (bicyclic) bond motifs is 1. The third kappa shape index (κ3) is 2.80. The molecule has 2 aliphatic heterocycles. The van der Waals surface area contributed by atoms with Gasteiger partial charge >= 0.3 is 6.09 Å². The van der Waals surface area contributed by atoms with Crippen LogP contribution in [0.2, 0.25) is 0 Å². The summed E-state index contributed by atoms with van der Waals surface area (Å²) in [6, 6.07) is 7.66. The molecule has 6 nitrogen and oxygen atoms in total. The molecule has 1 aromatic rings. The summed E-state index contributed by atoms with van der Waals surface area (Å²) in [6.45, 7) is 3.90. The van der Waals surface area contributed by atoms with E-state index in [4.69, 9.17) is 14.6 Å². The molecular formula is C14H18N2O4. The highest BCUT2D eigenvalue weighted by Crippen LogP contribution is 2.31. The van der Waals surface area contributed by atoms with Crippen LogP contribution in [0.3, 0.4) is 0 Å². The first-order chi connectivity index (χ1) is 9.72. The molecule has 6 heteroatoms. The molecular weight excluding hydrogens is 260 g/mol. The minimum Gasteiger partial charge on any atom is -0.486 e. The Hall–Kier alpha value is -1.95. The SMILES string of the molecule is O=C(O)N1CCN(CC2COc3ccccc3O2)CC1. The lowest BCUT2D eigenvalue weighted by Crippen LogP contribution is -2.51. The molecule has 1 fully saturated rings. The van der Waals surface area contributed by atoms with Crippen LogP contribution in [0.4, 0.5) is 4.79 Å². The number of ether oxygens (including phenoxy) is 2. The van der Waals surface area contributed by atoms with Crippen LogP contribution in [0.5, 0.6) is 11.5 Å². The molecule has 1 saturated heterocycles. The van der Waals surface area contributed by atoms with Gasteiger partial charge in [0, 0.05) is 32.7 Å². The zero-order valence-electron chi connectivity index (χ0n) is 11.2. The van der Waals surface area contributed by atoms with Gasteiger partial charge in [-0.15, -0.1) is 0 Å². The molecule has 3 rings (SSSR count). The second-order valence-electron chi connectivity index (χ2n) is 5.07. The van der Waals surface area contributed by atoms with Crippen molar-refractivity contribution in [2.75, 3.05) is 39.3 Å². The second-order valence-corrected chi connectivity index (χ2v) is 5.07. The smallest absolute Gasteiger partial charge is 0.407 e. The molecule has 1 amide bonds. The molecule has 0 aliphatic carbocycles. The quantitative estimate of drug-likeness (QED) is 0.878. The van der Waals surface area contributed by atoms with Crippen molar-refractivity contribution in [2.45, 2.75) is 6.10 Å². The van der Waals surface area contributed by atoms with Crippen molar-refractivity contribution in [2.24, 2.45) is 0 Å². The van der Waals surface area contributed by atoms with Crippen LogP contribution in [-0.4, -0.2) is 66.4 Å². The molecule has 108 valence electrons. The maximum atomic E-state index is 10.9. The van der Waals surface area contributed by atoms with Crippen LogP contribution < -0.4 is 9.47 Å². The van der Waals surface area contributed by atoms with Crippen LogP contribution in [0.1, 0.15) is 0 Å². The van der Waals surface area contributed by atoms with Crippen molar-refractivity contribution in [3.63, 3.8) is 0 Å². The Morgan fingerprint density at radius 3 is 2.60 bits per heavy atom. The van der Waals surface area contributed by atoms with Gasteiger partial charge in [0.2, 0.25) is 0 Å². The summed E-state index contributed by atoms with van der Waals surface area (Å²) < 4.78 is 11.6. The average Bonchev–Trinajstić information content (AvgIpc) is 2.48. The molecule has 1 unspecified atom stereocenters. The minimum absolute atomic E-state index is 0.00118. The average molecular weight is 278 g/mol. The van der Waals surface area contributed by atoms with E-state index in [1.807, 2.05) is 24.3 Å². The second kappa shape index (κ2) is 5.58. The normalized spacial score (nSPS) is 22.6. The summed E-state index contributed by atoms with van der Waals surface area (Å²) in [7, 11) is 0. The van der Waals surface area contributed by atoms with E-state index in [9.17, 15) is 4.79 Å². The van der Waals surface area contributed by atoms with E-state index in [0.29, 0.717) is 19.7 Å². The number of para-hydroxylation sites is 2. The predicted molar refractivity (Wildman–Crippen MR) is 72.4 cm³/mol. The van der Waals surface area contributed by atoms with Crippen LogP contribution in [0.15, 0.2) is 24.3 Å². The summed E-state index contributed by atoms with van der Waals surface area (Å²) in [5.74, 6) is 1.58. The number of benzene rings is 1. The van der Waals surface area contributed by atoms with E-state index in [0.717, 1.165) is 31.1 Å². The monoisotopic (exact) mass is 278 g/mol. The van der Waals surface area contributed by atoms with Crippen LogP contribution in [-0.2, 0) is 0 Å². The van der Waals surface area contributed by atoms with E-state index in [2.05, 4.69) is 4.90 Å². The Bertz CT molecular complexity index is 486. The standard InChI is InChI=1S/C14H18N2O4/c17-14(18)16-7-5-15(6-8-16)9-11-10-19-12-3-1-2-4-13(12)20-11/h1-4,11H,5-10H2,(H,17,18). The highest BCUT2D eigenvalue weighted by atomic mass is 16.6. The number of carboxylic acid groups (broad SMARTS) is 1. The fourth-order valence-electron chi connectivity index (χ4n) is 2.56. The zero-order valence-corrected chi connectivity index (χ0v) is 11.2. The van der Waals surface area contributed by atoms with Crippen molar-refractivity contribution in [3.8, 4) is 11.5 Å². The van der Waals surface area contributed by atoms with Gasteiger partial charge in [-0.1, -0.05) is 12.1 Å². The maximum absolute atomic E-state index is 10.9. The zero-order chi connectivity index (χ0) is 13.9. The molecule has 0 aromatic heterocycles. The number of piperazine rings is 1. The molecule has 1 atom stereocenters. The fourth-order valence-corrected chi connectivity index (χ4v) is 2.56. The Kier molecular flexibility index (Phi) is 3.64. The number of rotatable bonds is 2. The van der Waals surface area contributed by atoms with Gasteiger partial charge in [-0.3, -0.25) is 4.90 Å². The van der Waals surface area contributed by atoms with Gasteiger partial charge in [-0.2, -0.15) is 0 Å². The fraction of sp³-hybridized carbons (Fsp3) is 0.500. The first-order valence-corrected chi connectivity index (χ1v) is 6.81. The van der Waals surface area contributed by atoms with E-state index in [1.54, 1.807) is 0 Å². The molecule has 0 bridgehead atoms. The third-order valence-corrected chi connectivity index (χ3v) is 3.67. The van der Waals surface area contributed by atoms with Gasteiger partial charge in [0.25, 0.3) is 0 Å². The van der Waals surface area contributed by atoms with Crippen molar-refractivity contribution in [1.82, 2.24) is 9.80 Å². The molecule has 1 N–H and O–H groups in total. The maximum Gasteiger partial charge on any atom is 0.407 e. The van der Waals surface area contributed by atoms with Gasteiger partial charge < -0.3 is 19.5 Å². The number of hydrogen-bond acceptors (Lipinski definition) is 4. The lowest BCUT2D eigenvalue weighted by atomic mass is 10.2. The van der Waals surface area contributed by atoms with Crippen molar-refractivity contribution < 1.29 is 19.4 Å². The van der Waals surface area contributed by atoms with Gasteiger partial charge in [0.1, 0.15) is 12.7 Å². The number of amides is 1. The third-order valence-electron chi connectivity index (χ3n) is 3.67. The minimum atomic E-state index is -0.837. The molecule has 0 saturated carbocycles. The Balaban J connectivity index is 1.52. The van der Waals surface area contributed by atoms with Crippen molar-refractivity contribution in [3.05, 3.63) is 24.3 Å². The number of nitrogens with zero attached hydrogens (tertiary/aromatic N) is 2. The van der Waals surface area contributed by atoms with Crippen LogP contribution >= 0.6 is 0 Å². The van der Waals surface area contributed by atoms with Crippen molar-refractivity contribution in [1.29, 1.82) is 0 Å². The van der Waals surface area contributed by atoms with E-state index in [1.165, 1.54) is 4.90 Å². The van der Waals surface area contributed by atoms with E-state index < -0.39 is 6.09 Å². The summed E-state index contributed by atoms with van der Waals surface area (Å²) in [5.41, 5.74) is 0. The molecule has 0 spiro atoms. The summed E-state index contributed by atoms with van der Waals surface area (Å²) in [4.78, 5) is 14.5. The van der Waals surface area contributed by atoms with Gasteiger partial charge in [0.05, 0.1) is 0 Å². The number of carbonyl (C=O) groups is 1. The van der Waals surface area contributed by atoms with Gasteiger partial charge in [-0.05, 0) is 12.1 Å². The van der Waals surface area contributed by atoms with Gasteiger partial charge in [0.15, 0.2) is 11.5 Å². The summed E-state index contributed by atoms with van der Waals surface area (Å²) in [5, 5.41) is 8.92. The Morgan fingerprint density at radius 2 is 1.90 bits per heavy atom. The van der Waals surface area contributed by atoms with Crippen molar-refractivity contribution >= 4 is 6.09 Å². The first-order valence-electron chi connectivity index (χ1n) is 6.81. The lowest BCUT2D eigenvalue weighted by Gasteiger charge is -2.36. The van der Waals surface area contributed by atoms with Gasteiger partial charge in [-0.25, -0.2) is 4.79 Å². The Labute approximate surface area is 117 Å². The molecule has 20 heavy (non-hydrogen) atoms. The van der Waals surface area contributed by atoms with Crippen LogP contribution in [0.25, 0.3) is 0 Å². The molecule has 0 radical (unpaired) electrons. The summed E-state index contributed by atoms with van der Waals surface area (Å²) >= 11 is 0. The highest BCUT2D eigenvalue weighted by Gasteiger charge is 2.26. The van der Waals surface area contributed by atoms with E-state index >= 15 is 0 Å². The molecule has 1 aromatic carbocycles. The highest BCUT2D eigenvalue weighted by molar-refractivity contribution is 5.65. The first kappa shape index (κ1) is 13.1. The molecule has 2 heterocycles. The summed E-state index contributed by atoms with van der Waals surface area (Å²) in [6.07, 6.45) is -0.836. The van der Waals surface area contributed by atoms with Crippen LogP contribution in [0, 0.1) is 0 Å².